The molecular weight excluding hydrogens is 202 g/mol. The number of likely N-dealkylation sites (tertiary alicyclic amines) is 1. The molecule has 0 radical (unpaired) electrons. The van der Waals surface area contributed by atoms with Gasteiger partial charge in [-0.25, -0.2) is 0 Å². The number of thioether (sulfide) groups is 1. The number of carbonyl (C=O) groups excluding carboxylic acids is 1. The van der Waals surface area contributed by atoms with Crippen molar-refractivity contribution in [2.45, 2.75) is 31.2 Å². The predicted octanol–water partition coefficient (Wildman–Crippen LogP) is 0.0412. The Morgan fingerprint density at radius 2 is 2.36 bits per heavy atom. The smallest absolute Gasteiger partial charge is 0.238 e. The van der Waals surface area contributed by atoms with Crippen LogP contribution < -0.4 is 0 Å². The molecule has 0 saturated carbocycles. The van der Waals surface area contributed by atoms with Gasteiger partial charge in [-0.15, -0.1) is 11.8 Å². The Bertz CT molecular complexity index is 220. The second kappa shape index (κ2) is 4.51. The summed E-state index contributed by atoms with van der Waals surface area (Å²) >= 11 is 1.41. The van der Waals surface area contributed by atoms with Crippen molar-refractivity contribution in [1.29, 1.82) is 0 Å². The van der Waals surface area contributed by atoms with Gasteiger partial charge in [0.2, 0.25) is 5.91 Å². The van der Waals surface area contributed by atoms with Crippen LogP contribution in [-0.2, 0) is 4.79 Å². The normalized spacial score (nSPS) is 32.7. The minimum absolute atomic E-state index is 0.0176. The van der Waals surface area contributed by atoms with E-state index in [1.54, 1.807) is 6.92 Å². The Morgan fingerprint density at radius 3 is 2.79 bits per heavy atom. The fourth-order valence-electron chi connectivity index (χ4n) is 1.78. The average molecular weight is 219 g/mol. The zero-order valence-corrected chi connectivity index (χ0v) is 9.38. The Hall–Kier alpha value is -0.260. The molecule has 0 aliphatic carbocycles. The van der Waals surface area contributed by atoms with Gasteiger partial charge in [0.05, 0.1) is 11.9 Å². The van der Waals surface area contributed by atoms with Crippen molar-refractivity contribution in [3.63, 3.8) is 0 Å². The van der Waals surface area contributed by atoms with Gasteiger partial charge in [-0.3, -0.25) is 4.79 Å². The van der Waals surface area contributed by atoms with Crippen molar-refractivity contribution in [3.05, 3.63) is 0 Å². The van der Waals surface area contributed by atoms with Crippen molar-refractivity contribution in [2.24, 2.45) is 0 Å². The Kier molecular flexibility index (Phi) is 3.80. The third kappa shape index (κ3) is 2.21. The summed E-state index contributed by atoms with van der Waals surface area (Å²) in [5.74, 6) is 0.528. The lowest BCUT2D eigenvalue weighted by Gasteiger charge is -2.28. The minimum Gasteiger partial charge on any atom is -0.396 e. The van der Waals surface area contributed by atoms with Crippen LogP contribution in [0.2, 0.25) is 0 Å². The number of aliphatic hydroxyl groups excluding tert-OH is 1. The fraction of sp³-hybridized carbons (Fsp3) is 0.889. The van der Waals surface area contributed by atoms with Crippen molar-refractivity contribution in [3.8, 4) is 0 Å². The molecule has 5 heteroatoms. The second-order valence-corrected chi connectivity index (χ2v) is 4.90. The molecule has 1 rings (SSSR count). The van der Waals surface area contributed by atoms with Gasteiger partial charge in [-0.2, -0.15) is 0 Å². The van der Waals surface area contributed by atoms with E-state index in [0.29, 0.717) is 18.7 Å². The van der Waals surface area contributed by atoms with Gasteiger partial charge in [0.25, 0.3) is 0 Å². The van der Waals surface area contributed by atoms with Crippen molar-refractivity contribution < 1.29 is 15.0 Å². The number of hydrogen-bond donors (Lipinski definition) is 2. The third-order valence-electron chi connectivity index (χ3n) is 2.42. The van der Waals surface area contributed by atoms with Gasteiger partial charge in [-0.05, 0) is 13.8 Å². The summed E-state index contributed by atoms with van der Waals surface area (Å²) in [6.07, 6.45) is 0.449. The molecule has 14 heavy (non-hydrogen) atoms. The molecule has 0 aromatic heterocycles. The highest BCUT2D eigenvalue weighted by molar-refractivity contribution is 8.00. The SMILES string of the molecule is CCN1C(=O)C(SCCO)CC1(C)O. The molecule has 2 N–H and O–H groups in total. The number of carbonyl (C=O) groups is 1. The molecule has 1 fully saturated rings. The molecule has 2 atom stereocenters. The molecule has 1 amide bonds. The van der Waals surface area contributed by atoms with E-state index in [1.807, 2.05) is 6.92 Å². The van der Waals surface area contributed by atoms with Gasteiger partial charge in [0.1, 0.15) is 5.72 Å². The maximum atomic E-state index is 11.7. The highest BCUT2D eigenvalue weighted by Gasteiger charge is 2.45. The summed E-state index contributed by atoms with van der Waals surface area (Å²) in [6, 6.07) is 0. The van der Waals surface area contributed by atoms with E-state index in [-0.39, 0.29) is 17.8 Å². The summed E-state index contributed by atoms with van der Waals surface area (Å²) in [6.45, 7) is 4.12. The van der Waals surface area contributed by atoms with Crippen molar-refractivity contribution in [2.75, 3.05) is 18.9 Å². The van der Waals surface area contributed by atoms with Crippen molar-refractivity contribution in [1.82, 2.24) is 4.90 Å². The predicted molar refractivity (Wildman–Crippen MR) is 56.0 cm³/mol. The topological polar surface area (TPSA) is 60.8 Å². The molecule has 1 aliphatic rings. The summed E-state index contributed by atoms with van der Waals surface area (Å²) in [5.41, 5.74) is -1.01. The number of amides is 1. The molecule has 2 unspecified atom stereocenters. The first-order valence-electron chi connectivity index (χ1n) is 4.79. The van der Waals surface area contributed by atoms with Gasteiger partial charge >= 0.3 is 0 Å². The monoisotopic (exact) mass is 219 g/mol. The highest BCUT2D eigenvalue weighted by atomic mass is 32.2. The summed E-state index contributed by atoms with van der Waals surface area (Å²) < 4.78 is 0. The van der Waals surface area contributed by atoms with Crippen LogP contribution in [0, 0.1) is 0 Å². The molecular formula is C9H17NO3S. The van der Waals surface area contributed by atoms with E-state index >= 15 is 0 Å². The first kappa shape index (κ1) is 11.8. The summed E-state index contributed by atoms with van der Waals surface area (Å²) in [7, 11) is 0. The number of rotatable bonds is 4. The molecule has 0 bridgehead atoms. The molecule has 1 aliphatic heterocycles. The van der Waals surface area contributed by atoms with Gasteiger partial charge in [0, 0.05) is 18.7 Å². The van der Waals surface area contributed by atoms with E-state index in [9.17, 15) is 9.90 Å². The molecule has 82 valence electrons. The molecule has 1 saturated heterocycles. The molecule has 4 nitrogen and oxygen atoms in total. The molecule has 0 aromatic carbocycles. The first-order chi connectivity index (χ1) is 6.53. The van der Waals surface area contributed by atoms with E-state index in [0.717, 1.165) is 0 Å². The van der Waals surface area contributed by atoms with E-state index in [1.165, 1.54) is 16.7 Å². The lowest BCUT2D eigenvalue weighted by atomic mass is 10.2. The first-order valence-corrected chi connectivity index (χ1v) is 5.84. The number of nitrogens with zero attached hydrogens (tertiary/aromatic N) is 1. The van der Waals surface area contributed by atoms with Crippen LogP contribution >= 0.6 is 11.8 Å². The van der Waals surface area contributed by atoms with E-state index < -0.39 is 5.72 Å². The maximum absolute atomic E-state index is 11.7. The Morgan fingerprint density at radius 1 is 1.71 bits per heavy atom. The average Bonchev–Trinajstić information content (AvgIpc) is 2.33. The van der Waals surface area contributed by atoms with E-state index in [4.69, 9.17) is 5.11 Å². The third-order valence-corrected chi connectivity index (χ3v) is 3.61. The Balaban J connectivity index is 2.62. The standard InChI is InChI=1S/C9H17NO3S/c1-3-10-8(12)7(14-5-4-11)6-9(10,2)13/h7,11,13H,3-6H2,1-2H3. The number of aliphatic hydroxyl groups is 2. The lowest BCUT2D eigenvalue weighted by molar-refractivity contribution is -0.141. The van der Waals surface area contributed by atoms with Crippen LogP contribution in [0.4, 0.5) is 0 Å². The van der Waals surface area contributed by atoms with Crippen LogP contribution in [0.1, 0.15) is 20.3 Å². The van der Waals surface area contributed by atoms with Crippen LogP contribution in [0.15, 0.2) is 0 Å². The van der Waals surface area contributed by atoms with Crippen LogP contribution in [0.3, 0.4) is 0 Å². The molecule has 0 aromatic rings. The summed E-state index contributed by atoms with van der Waals surface area (Å²) in [5, 5.41) is 18.4. The van der Waals surface area contributed by atoms with Gasteiger partial charge in [0.15, 0.2) is 0 Å². The van der Waals surface area contributed by atoms with Gasteiger partial charge < -0.3 is 15.1 Å². The number of hydrogen-bond acceptors (Lipinski definition) is 4. The molecule has 0 spiro atoms. The largest absolute Gasteiger partial charge is 0.396 e. The zero-order chi connectivity index (χ0) is 10.8. The van der Waals surface area contributed by atoms with E-state index in [2.05, 4.69) is 0 Å². The summed E-state index contributed by atoms with van der Waals surface area (Å²) in [4.78, 5) is 13.2. The van der Waals surface area contributed by atoms with Crippen LogP contribution in [0.5, 0.6) is 0 Å². The highest BCUT2D eigenvalue weighted by Crippen LogP contribution is 2.34. The zero-order valence-electron chi connectivity index (χ0n) is 8.56. The fourth-order valence-corrected chi connectivity index (χ4v) is 2.87. The maximum Gasteiger partial charge on any atom is 0.238 e. The second-order valence-electron chi connectivity index (χ2n) is 3.59. The quantitative estimate of drug-likeness (QED) is 0.701. The van der Waals surface area contributed by atoms with Crippen molar-refractivity contribution >= 4 is 17.7 Å². The van der Waals surface area contributed by atoms with Crippen LogP contribution in [0.25, 0.3) is 0 Å². The molecule has 1 heterocycles. The minimum atomic E-state index is -1.01. The lowest BCUT2D eigenvalue weighted by Crippen LogP contribution is -2.43. The Labute approximate surface area is 88.3 Å². The van der Waals surface area contributed by atoms with Gasteiger partial charge in [-0.1, -0.05) is 0 Å². The van der Waals surface area contributed by atoms with Crippen LogP contribution in [-0.4, -0.2) is 50.9 Å².